The van der Waals surface area contributed by atoms with Crippen molar-refractivity contribution in [3.05, 3.63) is 23.3 Å². The predicted molar refractivity (Wildman–Crippen MR) is 136 cm³/mol. The van der Waals surface area contributed by atoms with Crippen molar-refractivity contribution in [3.8, 4) is 0 Å². The van der Waals surface area contributed by atoms with Gasteiger partial charge < -0.3 is 0 Å². The van der Waals surface area contributed by atoms with Gasteiger partial charge in [-0.1, -0.05) is 100 Å². The molecule has 4 saturated carbocycles. The first-order valence-electron chi connectivity index (χ1n) is 15.2. The molecule has 178 valence electrons. The van der Waals surface area contributed by atoms with Gasteiger partial charge in [0.05, 0.1) is 0 Å². The fraction of sp³-hybridized carbons (Fsp3) is 0.875. The topological polar surface area (TPSA) is 0 Å². The molecule has 0 radical (unpaired) electrons. The lowest BCUT2D eigenvalue weighted by molar-refractivity contribution is 0.118. The Labute approximate surface area is 199 Å². The van der Waals surface area contributed by atoms with Crippen molar-refractivity contribution >= 4 is 0 Å². The summed E-state index contributed by atoms with van der Waals surface area (Å²) in [4.78, 5) is 0. The van der Waals surface area contributed by atoms with Gasteiger partial charge in [-0.3, -0.25) is 0 Å². The second-order valence-corrected chi connectivity index (χ2v) is 13.2. The number of rotatable bonds is 5. The third-order valence-corrected chi connectivity index (χ3v) is 11.5. The Balaban J connectivity index is 1.07. The number of hydrogen-bond donors (Lipinski definition) is 0. The first kappa shape index (κ1) is 22.0. The maximum atomic E-state index is 2.86. The van der Waals surface area contributed by atoms with E-state index in [1.54, 1.807) is 38.5 Å². The Hall–Kier alpha value is -0.520. The van der Waals surface area contributed by atoms with Crippen molar-refractivity contribution in [3.63, 3.8) is 0 Å². The highest BCUT2D eigenvalue weighted by Gasteiger charge is 2.41. The molecular formula is C32H50. The van der Waals surface area contributed by atoms with E-state index in [0.29, 0.717) is 0 Å². The molecule has 0 aliphatic heterocycles. The zero-order chi connectivity index (χ0) is 21.3. The summed E-state index contributed by atoms with van der Waals surface area (Å²) in [5, 5.41) is 0. The molecule has 6 rings (SSSR count). The Morgan fingerprint density at radius 2 is 0.844 bits per heavy atom. The van der Waals surface area contributed by atoms with Gasteiger partial charge in [0, 0.05) is 0 Å². The Morgan fingerprint density at radius 1 is 0.438 bits per heavy atom. The molecule has 0 amide bonds. The van der Waals surface area contributed by atoms with E-state index in [1.165, 1.54) is 89.9 Å². The largest absolute Gasteiger partial charge is 0.0816 e. The summed E-state index contributed by atoms with van der Waals surface area (Å²) in [6.45, 7) is 0. The molecule has 32 heavy (non-hydrogen) atoms. The van der Waals surface area contributed by atoms with Crippen molar-refractivity contribution < 1.29 is 0 Å². The summed E-state index contributed by atoms with van der Waals surface area (Å²) in [5.74, 6) is 8.25. The molecule has 0 aromatic rings. The Kier molecular flexibility index (Phi) is 6.86. The average molecular weight is 435 g/mol. The van der Waals surface area contributed by atoms with E-state index >= 15 is 0 Å². The summed E-state index contributed by atoms with van der Waals surface area (Å²) in [5.41, 5.74) is 3.75. The van der Waals surface area contributed by atoms with Crippen LogP contribution in [0.15, 0.2) is 23.3 Å². The Bertz CT molecular complexity index is 625. The normalized spacial score (nSPS) is 41.1. The highest BCUT2D eigenvalue weighted by Crippen LogP contribution is 2.52. The highest BCUT2D eigenvalue weighted by molar-refractivity contribution is 5.22. The number of fused-ring (bicyclic) bond motifs is 2. The third kappa shape index (κ3) is 4.55. The van der Waals surface area contributed by atoms with Crippen molar-refractivity contribution in [1.82, 2.24) is 0 Å². The van der Waals surface area contributed by atoms with Crippen molar-refractivity contribution in [2.24, 2.45) is 47.3 Å². The lowest BCUT2D eigenvalue weighted by atomic mass is 9.65. The monoisotopic (exact) mass is 434 g/mol. The second-order valence-electron chi connectivity index (χ2n) is 13.2. The van der Waals surface area contributed by atoms with Gasteiger partial charge in [-0.05, 0) is 98.7 Å². The molecule has 6 unspecified atom stereocenters. The van der Waals surface area contributed by atoms with Gasteiger partial charge in [0.15, 0.2) is 0 Å². The van der Waals surface area contributed by atoms with Crippen LogP contribution in [-0.4, -0.2) is 0 Å². The van der Waals surface area contributed by atoms with Crippen LogP contribution in [0.25, 0.3) is 0 Å². The molecule has 0 nitrogen and oxygen atoms in total. The summed E-state index contributed by atoms with van der Waals surface area (Å²) in [6.07, 6.45) is 36.0. The fourth-order valence-corrected chi connectivity index (χ4v) is 9.97. The summed E-state index contributed by atoms with van der Waals surface area (Å²) in [7, 11) is 0. The molecule has 6 aliphatic rings. The lowest BCUT2D eigenvalue weighted by Crippen LogP contribution is -2.31. The van der Waals surface area contributed by atoms with Crippen molar-refractivity contribution in [2.75, 3.05) is 0 Å². The molecule has 0 heterocycles. The van der Waals surface area contributed by atoms with E-state index in [1.807, 2.05) is 11.1 Å². The Morgan fingerprint density at radius 3 is 1.28 bits per heavy atom. The van der Waals surface area contributed by atoms with Gasteiger partial charge in [0.1, 0.15) is 0 Å². The highest BCUT2D eigenvalue weighted by atomic mass is 14.5. The van der Waals surface area contributed by atoms with E-state index < -0.39 is 0 Å². The molecule has 0 aromatic carbocycles. The minimum atomic E-state index is 0.970. The lowest BCUT2D eigenvalue weighted by Gasteiger charge is -2.40. The predicted octanol–water partition coefficient (Wildman–Crippen LogP) is 9.65. The van der Waals surface area contributed by atoms with E-state index in [4.69, 9.17) is 0 Å². The van der Waals surface area contributed by atoms with Crippen LogP contribution < -0.4 is 0 Å². The summed E-state index contributed by atoms with van der Waals surface area (Å²) in [6, 6.07) is 0. The van der Waals surface area contributed by atoms with Crippen LogP contribution in [-0.2, 0) is 0 Å². The molecule has 0 saturated heterocycles. The van der Waals surface area contributed by atoms with Crippen LogP contribution in [0.3, 0.4) is 0 Å². The van der Waals surface area contributed by atoms with E-state index in [2.05, 4.69) is 12.2 Å². The standard InChI is InChI=1S/C32H50/c1-3-9-25(10-4-1)29-15-7-13-27-19-23(21-31(27)29)17-18-24-20-28-14-8-16-30(32(28)22-24)26-11-5-2-6-12-26/h21-22,25-32H,1-20H2. The van der Waals surface area contributed by atoms with Gasteiger partial charge in [-0.2, -0.15) is 0 Å². The molecule has 0 N–H and O–H groups in total. The molecule has 0 bridgehead atoms. The van der Waals surface area contributed by atoms with Crippen LogP contribution in [0.5, 0.6) is 0 Å². The zero-order valence-electron chi connectivity index (χ0n) is 20.9. The summed E-state index contributed by atoms with van der Waals surface area (Å²) >= 11 is 0. The molecule has 6 aliphatic carbocycles. The maximum Gasteiger partial charge on any atom is -0.0168 e. The van der Waals surface area contributed by atoms with Crippen LogP contribution in [0.4, 0.5) is 0 Å². The van der Waals surface area contributed by atoms with E-state index in [0.717, 1.165) is 47.3 Å². The molecule has 0 aromatic heterocycles. The quantitative estimate of drug-likeness (QED) is 0.378. The number of allylic oxidation sites excluding steroid dienone is 4. The minimum absolute atomic E-state index is 0.970. The van der Waals surface area contributed by atoms with Gasteiger partial charge in [0.2, 0.25) is 0 Å². The van der Waals surface area contributed by atoms with Gasteiger partial charge in [-0.15, -0.1) is 0 Å². The van der Waals surface area contributed by atoms with Gasteiger partial charge in [-0.25, -0.2) is 0 Å². The second kappa shape index (κ2) is 10.00. The fourth-order valence-electron chi connectivity index (χ4n) is 9.97. The van der Waals surface area contributed by atoms with E-state index in [9.17, 15) is 0 Å². The third-order valence-electron chi connectivity index (χ3n) is 11.5. The first-order chi connectivity index (χ1) is 15.8. The van der Waals surface area contributed by atoms with Crippen molar-refractivity contribution in [2.45, 2.75) is 128 Å². The molecule has 0 heteroatoms. The minimum Gasteiger partial charge on any atom is -0.0816 e. The zero-order valence-corrected chi connectivity index (χ0v) is 20.9. The SMILES string of the molecule is C1=C(CCC2=CC3C(CCCC3C3CCCCC3)C2)CC2CCCC(C3CCCCC3)C12. The van der Waals surface area contributed by atoms with E-state index in [-0.39, 0.29) is 0 Å². The molecule has 4 fully saturated rings. The van der Waals surface area contributed by atoms with Crippen molar-refractivity contribution in [1.29, 1.82) is 0 Å². The maximum absolute atomic E-state index is 2.86. The van der Waals surface area contributed by atoms with Crippen LogP contribution in [0.2, 0.25) is 0 Å². The molecular weight excluding hydrogens is 384 g/mol. The number of hydrogen-bond acceptors (Lipinski definition) is 0. The van der Waals surface area contributed by atoms with Crippen LogP contribution in [0.1, 0.15) is 128 Å². The smallest absolute Gasteiger partial charge is 0.0168 e. The molecule has 6 atom stereocenters. The average Bonchev–Trinajstić information content (AvgIpc) is 3.47. The summed E-state index contributed by atoms with van der Waals surface area (Å²) < 4.78 is 0. The van der Waals surface area contributed by atoms with Gasteiger partial charge >= 0.3 is 0 Å². The molecule has 0 spiro atoms. The first-order valence-corrected chi connectivity index (χ1v) is 15.2. The van der Waals surface area contributed by atoms with Crippen LogP contribution in [0, 0.1) is 47.3 Å². The van der Waals surface area contributed by atoms with Crippen LogP contribution >= 0.6 is 0 Å². The van der Waals surface area contributed by atoms with Gasteiger partial charge in [0.25, 0.3) is 0 Å².